The van der Waals surface area contributed by atoms with Gasteiger partial charge in [-0.1, -0.05) is 29.3 Å². The number of amides is 1. The molecule has 1 aliphatic heterocycles. The smallest absolute Gasteiger partial charge is 0.310 e. The van der Waals surface area contributed by atoms with E-state index in [1.54, 1.807) is 18.2 Å². The van der Waals surface area contributed by atoms with Crippen LogP contribution in [-0.4, -0.2) is 30.6 Å². The van der Waals surface area contributed by atoms with E-state index in [0.29, 0.717) is 17.1 Å². The Bertz CT molecular complexity index is 765. The standard InChI is InChI=1S/C17H15Cl2NO5/c18-9-2-1-3-10(15(9)19)20-12(21)6-24-16(22)13-7-4-8-11(5-7)25-17(23)14(8)13/h1-3,7-8,11,13-14H,4-6H2,(H,20,21). The average molecular weight is 384 g/mol. The number of ether oxygens (including phenoxy) is 2. The molecule has 1 aromatic carbocycles. The van der Waals surface area contributed by atoms with Crippen LogP contribution in [0.3, 0.4) is 0 Å². The zero-order valence-corrected chi connectivity index (χ0v) is 14.5. The minimum absolute atomic E-state index is 0.0418. The van der Waals surface area contributed by atoms with Crippen molar-refractivity contribution in [2.24, 2.45) is 23.7 Å². The second kappa shape index (κ2) is 6.18. The molecule has 132 valence electrons. The highest BCUT2D eigenvalue weighted by Gasteiger charge is 2.64. The summed E-state index contributed by atoms with van der Waals surface area (Å²) in [7, 11) is 0. The number of carbonyl (C=O) groups excluding carboxylic acids is 3. The molecule has 2 aliphatic carbocycles. The van der Waals surface area contributed by atoms with Gasteiger partial charge in [0.25, 0.3) is 5.91 Å². The van der Waals surface area contributed by atoms with Gasteiger partial charge in [-0.25, -0.2) is 0 Å². The van der Waals surface area contributed by atoms with Crippen molar-refractivity contribution in [3.05, 3.63) is 28.2 Å². The van der Waals surface area contributed by atoms with Crippen molar-refractivity contribution < 1.29 is 23.9 Å². The van der Waals surface area contributed by atoms with Crippen LogP contribution in [0.1, 0.15) is 12.8 Å². The first-order chi connectivity index (χ1) is 12.0. The number of benzene rings is 1. The second-order valence-corrected chi connectivity index (χ2v) is 7.46. The highest BCUT2D eigenvalue weighted by Crippen LogP contribution is 2.57. The number of rotatable bonds is 4. The summed E-state index contributed by atoms with van der Waals surface area (Å²) in [5.41, 5.74) is 0.345. The molecule has 2 bridgehead atoms. The first kappa shape index (κ1) is 16.7. The monoisotopic (exact) mass is 383 g/mol. The van der Waals surface area contributed by atoms with E-state index in [2.05, 4.69) is 5.32 Å². The molecule has 1 N–H and O–H groups in total. The van der Waals surface area contributed by atoms with Gasteiger partial charge in [-0.2, -0.15) is 0 Å². The van der Waals surface area contributed by atoms with E-state index in [1.807, 2.05) is 0 Å². The van der Waals surface area contributed by atoms with Crippen molar-refractivity contribution in [1.82, 2.24) is 0 Å². The molecule has 1 heterocycles. The predicted octanol–water partition coefficient (Wildman–Crippen LogP) is 2.67. The van der Waals surface area contributed by atoms with Crippen LogP contribution in [0.25, 0.3) is 0 Å². The maximum atomic E-state index is 12.4. The average Bonchev–Trinajstić information content (AvgIpc) is 3.19. The summed E-state index contributed by atoms with van der Waals surface area (Å²) < 4.78 is 10.4. The van der Waals surface area contributed by atoms with Crippen molar-refractivity contribution in [3.8, 4) is 0 Å². The first-order valence-corrected chi connectivity index (χ1v) is 8.82. The van der Waals surface area contributed by atoms with Crippen molar-refractivity contribution in [1.29, 1.82) is 0 Å². The first-order valence-electron chi connectivity index (χ1n) is 8.06. The van der Waals surface area contributed by atoms with E-state index in [-0.39, 0.29) is 28.9 Å². The van der Waals surface area contributed by atoms with Crippen LogP contribution in [0.5, 0.6) is 0 Å². The molecule has 4 rings (SSSR count). The van der Waals surface area contributed by atoms with E-state index in [9.17, 15) is 14.4 Å². The molecule has 3 fully saturated rings. The van der Waals surface area contributed by atoms with Crippen molar-refractivity contribution in [2.75, 3.05) is 11.9 Å². The fourth-order valence-electron chi connectivity index (χ4n) is 4.34. The minimum atomic E-state index is -0.521. The van der Waals surface area contributed by atoms with Crippen LogP contribution in [0.2, 0.25) is 10.0 Å². The molecule has 6 nitrogen and oxygen atoms in total. The normalized spacial score (nSPS) is 31.8. The Labute approximate surface area is 153 Å². The molecular formula is C17H15Cl2NO5. The van der Waals surface area contributed by atoms with Crippen LogP contribution in [0.4, 0.5) is 5.69 Å². The molecular weight excluding hydrogens is 369 g/mol. The van der Waals surface area contributed by atoms with Crippen LogP contribution < -0.4 is 5.32 Å². The van der Waals surface area contributed by atoms with Crippen LogP contribution in [0, 0.1) is 23.7 Å². The third kappa shape index (κ3) is 2.77. The summed E-state index contributed by atoms with van der Waals surface area (Å²) in [6, 6.07) is 4.84. The Morgan fingerprint density at radius 3 is 2.88 bits per heavy atom. The molecule has 5 atom stereocenters. The molecule has 2 saturated carbocycles. The van der Waals surface area contributed by atoms with Gasteiger partial charge in [0, 0.05) is 5.92 Å². The molecule has 0 aromatic heterocycles. The summed E-state index contributed by atoms with van der Waals surface area (Å²) in [5.74, 6) is -2.04. The summed E-state index contributed by atoms with van der Waals surface area (Å²) in [5, 5.41) is 3.08. The molecule has 0 radical (unpaired) electrons. The summed E-state index contributed by atoms with van der Waals surface area (Å²) in [6.45, 7) is -0.444. The van der Waals surface area contributed by atoms with Crippen molar-refractivity contribution in [2.45, 2.75) is 18.9 Å². The molecule has 3 aliphatic rings. The molecule has 25 heavy (non-hydrogen) atoms. The van der Waals surface area contributed by atoms with E-state index in [4.69, 9.17) is 32.7 Å². The number of fused-ring (bicyclic) bond motifs is 1. The quantitative estimate of drug-likeness (QED) is 0.808. The lowest BCUT2D eigenvalue weighted by Crippen LogP contribution is -2.35. The number of halogens is 2. The van der Waals surface area contributed by atoms with Gasteiger partial charge in [0.15, 0.2) is 6.61 Å². The Kier molecular flexibility index (Phi) is 4.12. The molecule has 1 saturated heterocycles. The fourth-order valence-corrected chi connectivity index (χ4v) is 4.69. The largest absolute Gasteiger partial charge is 0.462 e. The van der Waals surface area contributed by atoms with Gasteiger partial charge in [0.2, 0.25) is 0 Å². The van der Waals surface area contributed by atoms with Gasteiger partial charge >= 0.3 is 11.9 Å². The van der Waals surface area contributed by atoms with Gasteiger partial charge < -0.3 is 14.8 Å². The lowest BCUT2D eigenvalue weighted by Gasteiger charge is -2.22. The molecule has 1 aromatic rings. The second-order valence-electron chi connectivity index (χ2n) is 6.68. The number of carbonyl (C=O) groups is 3. The number of esters is 2. The molecule has 0 spiro atoms. The Hall–Kier alpha value is -1.79. The Balaban J connectivity index is 1.35. The lowest BCUT2D eigenvalue weighted by atomic mass is 9.80. The predicted molar refractivity (Wildman–Crippen MR) is 89.1 cm³/mol. The molecule has 8 heteroatoms. The van der Waals surface area contributed by atoms with E-state index >= 15 is 0 Å². The summed E-state index contributed by atoms with van der Waals surface area (Å²) >= 11 is 11.9. The Morgan fingerprint density at radius 1 is 1.28 bits per heavy atom. The van der Waals surface area contributed by atoms with Crippen LogP contribution in [0.15, 0.2) is 18.2 Å². The topological polar surface area (TPSA) is 81.7 Å². The third-order valence-electron chi connectivity index (χ3n) is 5.33. The van der Waals surface area contributed by atoms with Crippen LogP contribution >= 0.6 is 23.2 Å². The van der Waals surface area contributed by atoms with Gasteiger partial charge in [-0.3, -0.25) is 14.4 Å². The van der Waals surface area contributed by atoms with E-state index in [1.165, 1.54) is 0 Å². The highest BCUT2D eigenvalue weighted by molar-refractivity contribution is 6.44. The number of anilines is 1. The maximum Gasteiger partial charge on any atom is 0.310 e. The van der Waals surface area contributed by atoms with Gasteiger partial charge in [-0.15, -0.1) is 0 Å². The van der Waals surface area contributed by atoms with Crippen LogP contribution in [-0.2, 0) is 23.9 Å². The fraction of sp³-hybridized carbons (Fsp3) is 0.471. The van der Waals surface area contributed by atoms with Gasteiger partial charge in [-0.05, 0) is 30.9 Å². The number of nitrogens with one attached hydrogen (secondary N) is 1. The number of hydrogen-bond acceptors (Lipinski definition) is 5. The van der Waals surface area contributed by atoms with Crippen molar-refractivity contribution in [3.63, 3.8) is 0 Å². The van der Waals surface area contributed by atoms with E-state index < -0.39 is 30.3 Å². The minimum Gasteiger partial charge on any atom is -0.462 e. The Morgan fingerprint density at radius 2 is 2.08 bits per heavy atom. The summed E-state index contributed by atoms with van der Waals surface area (Å²) in [4.78, 5) is 36.3. The molecule has 5 unspecified atom stereocenters. The van der Waals surface area contributed by atoms with Gasteiger partial charge in [0.1, 0.15) is 6.10 Å². The summed E-state index contributed by atoms with van der Waals surface area (Å²) in [6.07, 6.45) is 1.47. The zero-order chi connectivity index (χ0) is 17.7. The lowest BCUT2D eigenvalue weighted by molar-refractivity contribution is -0.157. The number of hydrogen-bond donors (Lipinski definition) is 1. The molecule has 1 amide bonds. The van der Waals surface area contributed by atoms with E-state index in [0.717, 1.165) is 6.42 Å². The maximum absolute atomic E-state index is 12.4. The third-order valence-corrected chi connectivity index (χ3v) is 6.15. The van der Waals surface area contributed by atoms with Crippen molar-refractivity contribution >= 4 is 46.7 Å². The van der Waals surface area contributed by atoms with Gasteiger partial charge in [0.05, 0.1) is 27.6 Å². The SMILES string of the molecule is O=C(COC(=O)C1C2CC3OC(=O)C1C3C2)Nc1cccc(Cl)c1Cl. The zero-order valence-electron chi connectivity index (χ0n) is 13.0. The highest BCUT2D eigenvalue weighted by atomic mass is 35.5.